The highest BCUT2D eigenvalue weighted by atomic mass is 35.5. The molecule has 1 fully saturated rings. The van der Waals surface area contributed by atoms with Crippen molar-refractivity contribution in [1.82, 2.24) is 9.88 Å². The molecule has 174 valence electrons. The van der Waals surface area contributed by atoms with Gasteiger partial charge in [-0.1, -0.05) is 53.1 Å². The second-order valence-electron chi connectivity index (χ2n) is 11.0. The number of carbonyl (C=O) groups is 2. The number of hydrogen-bond acceptors (Lipinski definition) is 3. The number of piperidine rings is 1. The summed E-state index contributed by atoms with van der Waals surface area (Å²) in [6, 6.07) is 1.00. The van der Waals surface area contributed by atoms with Crippen LogP contribution in [0.5, 0.6) is 0 Å². The van der Waals surface area contributed by atoms with E-state index < -0.39 is 52.0 Å². The van der Waals surface area contributed by atoms with Crippen molar-refractivity contribution in [1.29, 1.82) is 0 Å². The molecule has 2 heterocycles. The Morgan fingerprint density at radius 1 is 1.23 bits per heavy atom. The molecule has 0 radical (unpaired) electrons. The first-order valence-electron chi connectivity index (χ1n) is 10.5. The number of amides is 1. The van der Waals surface area contributed by atoms with E-state index in [1.165, 1.54) is 4.90 Å². The van der Waals surface area contributed by atoms with E-state index >= 15 is 0 Å². The van der Waals surface area contributed by atoms with E-state index in [2.05, 4.69) is 4.98 Å². The zero-order valence-corrected chi connectivity index (χ0v) is 20.3. The normalized spacial score (nSPS) is 27.3. The quantitative estimate of drug-likeness (QED) is 0.586. The number of rotatable bonds is 3. The third-order valence-corrected chi connectivity index (χ3v) is 7.03. The van der Waals surface area contributed by atoms with Crippen molar-refractivity contribution in [3.05, 3.63) is 28.3 Å². The molecule has 1 aromatic heterocycles. The molecule has 0 aromatic carbocycles. The van der Waals surface area contributed by atoms with Crippen molar-refractivity contribution in [2.75, 3.05) is 6.54 Å². The number of aliphatic carboxylic acids is 1. The Bertz CT molecular complexity index is 854. The van der Waals surface area contributed by atoms with Gasteiger partial charge in [-0.3, -0.25) is 4.79 Å². The number of aromatic nitrogens is 1. The number of carboxylic acids is 1. The molecule has 2 rings (SSSR count). The maximum atomic E-state index is 14.1. The standard InChI is InChI=1S/C23H34ClFN2O4/c1-12-9-14(26-18(24)16(12)25)10-23(19(28)29)15(21(3,4)5)11-27(20(30)31)13(2)17(23)22(6,7)8/h9,13,15,17H,10-11H2,1-8H3,(H,28,29)(H,30,31)/t13-,15?,17?,23-/m1/s1. The molecule has 0 saturated carbocycles. The predicted molar refractivity (Wildman–Crippen MR) is 118 cm³/mol. The predicted octanol–water partition coefficient (Wildman–Crippen LogP) is 5.50. The van der Waals surface area contributed by atoms with E-state index in [9.17, 15) is 24.2 Å². The molecule has 0 aliphatic carbocycles. The van der Waals surface area contributed by atoms with Gasteiger partial charge in [0.15, 0.2) is 11.0 Å². The number of nitrogens with zero attached hydrogens (tertiary/aromatic N) is 2. The summed E-state index contributed by atoms with van der Waals surface area (Å²) in [7, 11) is 0. The first-order chi connectivity index (χ1) is 13.9. The molecule has 0 spiro atoms. The molecular weight excluding hydrogens is 423 g/mol. The number of carboxylic acid groups (broad SMARTS) is 2. The Morgan fingerprint density at radius 3 is 2.16 bits per heavy atom. The van der Waals surface area contributed by atoms with Crippen LogP contribution in [0.4, 0.5) is 9.18 Å². The lowest BCUT2D eigenvalue weighted by atomic mass is 9.48. The van der Waals surface area contributed by atoms with Gasteiger partial charge in [-0.25, -0.2) is 14.2 Å². The topological polar surface area (TPSA) is 90.7 Å². The maximum Gasteiger partial charge on any atom is 0.407 e. The summed E-state index contributed by atoms with van der Waals surface area (Å²) in [5, 5.41) is 20.4. The Hall–Kier alpha value is -1.89. The zero-order chi connectivity index (χ0) is 24.1. The van der Waals surface area contributed by atoms with Gasteiger partial charge in [-0.15, -0.1) is 0 Å². The average molecular weight is 457 g/mol. The van der Waals surface area contributed by atoms with Crippen LogP contribution < -0.4 is 0 Å². The highest BCUT2D eigenvalue weighted by molar-refractivity contribution is 6.29. The van der Waals surface area contributed by atoms with Crippen LogP contribution in [0.2, 0.25) is 5.15 Å². The lowest BCUT2D eigenvalue weighted by molar-refractivity contribution is -0.184. The van der Waals surface area contributed by atoms with Crippen LogP contribution in [0, 0.1) is 40.8 Å². The average Bonchev–Trinajstić information content (AvgIpc) is 2.56. The van der Waals surface area contributed by atoms with Gasteiger partial charge in [0.2, 0.25) is 0 Å². The van der Waals surface area contributed by atoms with E-state index in [-0.39, 0.29) is 18.1 Å². The van der Waals surface area contributed by atoms with Crippen molar-refractivity contribution in [3.63, 3.8) is 0 Å². The molecule has 1 amide bonds. The summed E-state index contributed by atoms with van der Waals surface area (Å²) in [6.45, 7) is 15.0. The first kappa shape index (κ1) is 25.4. The molecule has 2 N–H and O–H groups in total. The van der Waals surface area contributed by atoms with Crippen molar-refractivity contribution < 1.29 is 24.2 Å². The van der Waals surface area contributed by atoms with E-state index in [4.69, 9.17) is 11.6 Å². The fourth-order valence-electron chi connectivity index (χ4n) is 5.81. The molecule has 2 unspecified atom stereocenters. The zero-order valence-electron chi connectivity index (χ0n) is 19.6. The van der Waals surface area contributed by atoms with Crippen molar-refractivity contribution >= 4 is 23.7 Å². The summed E-state index contributed by atoms with van der Waals surface area (Å²) in [5.74, 6) is -2.66. The summed E-state index contributed by atoms with van der Waals surface area (Å²) in [4.78, 5) is 30.8. The highest BCUT2D eigenvalue weighted by Crippen LogP contribution is 2.58. The fourth-order valence-corrected chi connectivity index (χ4v) is 6.07. The van der Waals surface area contributed by atoms with Gasteiger partial charge in [0, 0.05) is 30.6 Å². The van der Waals surface area contributed by atoms with Gasteiger partial charge in [0.05, 0.1) is 5.41 Å². The molecule has 31 heavy (non-hydrogen) atoms. The van der Waals surface area contributed by atoms with Crippen LogP contribution in [0.1, 0.15) is 59.7 Å². The lowest BCUT2D eigenvalue weighted by Crippen LogP contribution is -2.68. The number of hydrogen-bond donors (Lipinski definition) is 2. The largest absolute Gasteiger partial charge is 0.481 e. The number of pyridine rings is 1. The molecule has 1 aliphatic heterocycles. The molecule has 8 heteroatoms. The molecule has 1 aliphatic rings. The molecule has 6 nitrogen and oxygen atoms in total. The van der Waals surface area contributed by atoms with Crippen LogP contribution in [0.15, 0.2) is 6.07 Å². The Morgan fingerprint density at radius 2 is 1.77 bits per heavy atom. The Labute approximate surface area is 188 Å². The number of halogens is 2. The van der Waals surface area contributed by atoms with Gasteiger partial charge >= 0.3 is 12.1 Å². The summed E-state index contributed by atoms with van der Waals surface area (Å²) >= 11 is 5.99. The molecule has 1 aromatic rings. The second-order valence-corrected chi connectivity index (χ2v) is 11.4. The van der Waals surface area contributed by atoms with Gasteiger partial charge in [0.25, 0.3) is 0 Å². The Kier molecular flexibility index (Phi) is 6.73. The van der Waals surface area contributed by atoms with Gasteiger partial charge in [0.1, 0.15) is 0 Å². The Balaban J connectivity index is 2.84. The van der Waals surface area contributed by atoms with E-state index in [1.54, 1.807) is 19.9 Å². The van der Waals surface area contributed by atoms with Crippen LogP contribution in [0.3, 0.4) is 0 Å². The van der Waals surface area contributed by atoms with E-state index in [1.807, 2.05) is 41.5 Å². The second kappa shape index (κ2) is 8.23. The van der Waals surface area contributed by atoms with Crippen LogP contribution in [0.25, 0.3) is 0 Å². The number of likely N-dealkylation sites (tertiary alicyclic amines) is 1. The smallest absolute Gasteiger partial charge is 0.407 e. The third kappa shape index (κ3) is 4.52. The van der Waals surface area contributed by atoms with E-state index in [0.29, 0.717) is 11.3 Å². The van der Waals surface area contributed by atoms with Crippen LogP contribution in [-0.2, 0) is 11.2 Å². The molecule has 1 saturated heterocycles. The first-order valence-corrected chi connectivity index (χ1v) is 10.9. The maximum absolute atomic E-state index is 14.1. The van der Waals surface area contributed by atoms with Gasteiger partial charge in [-0.05, 0) is 42.2 Å². The summed E-state index contributed by atoms with van der Waals surface area (Å²) < 4.78 is 14.1. The SMILES string of the molecule is Cc1cc(C[C@@]2(C(=O)O)C(C(C)(C)C)CN(C(=O)O)[C@H](C)C2C(C)(C)C)nc(Cl)c1F. The molecule has 0 bridgehead atoms. The highest BCUT2D eigenvalue weighted by Gasteiger charge is 2.64. The van der Waals surface area contributed by atoms with Crippen LogP contribution >= 0.6 is 11.6 Å². The van der Waals surface area contributed by atoms with Crippen molar-refractivity contribution in [2.45, 2.75) is 67.9 Å². The summed E-state index contributed by atoms with van der Waals surface area (Å²) in [6.07, 6.45) is -1.03. The van der Waals surface area contributed by atoms with Crippen molar-refractivity contribution in [3.8, 4) is 0 Å². The molecular formula is C23H34ClFN2O4. The minimum absolute atomic E-state index is 0.0326. The summed E-state index contributed by atoms with van der Waals surface area (Å²) in [5.41, 5.74) is -1.69. The minimum Gasteiger partial charge on any atom is -0.481 e. The van der Waals surface area contributed by atoms with Gasteiger partial charge in [-0.2, -0.15) is 0 Å². The van der Waals surface area contributed by atoms with Crippen LogP contribution in [-0.4, -0.2) is 44.7 Å². The monoisotopic (exact) mass is 456 g/mol. The van der Waals surface area contributed by atoms with Gasteiger partial charge < -0.3 is 15.1 Å². The molecule has 4 atom stereocenters. The minimum atomic E-state index is -1.33. The lowest BCUT2D eigenvalue weighted by Gasteiger charge is -2.60. The van der Waals surface area contributed by atoms with Crippen molar-refractivity contribution in [2.24, 2.45) is 28.1 Å². The number of aryl methyl sites for hydroxylation is 1. The third-order valence-electron chi connectivity index (χ3n) is 6.78. The van der Waals surface area contributed by atoms with E-state index in [0.717, 1.165) is 0 Å². The fraction of sp³-hybridized carbons (Fsp3) is 0.696.